The van der Waals surface area contributed by atoms with Gasteiger partial charge in [-0.2, -0.15) is 0 Å². The molecule has 2 rings (SSSR count). The van der Waals surface area contributed by atoms with Crippen molar-refractivity contribution in [2.24, 2.45) is 0 Å². The Kier molecular flexibility index (Phi) is 5.48. The fourth-order valence-corrected chi connectivity index (χ4v) is 2.41. The van der Waals surface area contributed by atoms with E-state index in [-0.39, 0.29) is 11.7 Å². The predicted octanol–water partition coefficient (Wildman–Crippen LogP) is 2.32. The summed E-state index contributed by atoms with van der Waals surface area (Å²) in [5.41, 5.74) is 0.565. The lowest BCUT2D eigenvalue weighted by Crippen LogP contribution is -2.38. The lowest BCUT2D eigenvalue weighted by atomic mass is 10.3. The van der Waals surface area contributed by atoms with E-state index >= 15 is 0 Å². The Morgan fingerprint density at radius 3 is 2.64 bits per heavy atom. The number of urea groups is 1. The SMILES string of the molecule is C=CCN1CCCN(C(=O)Nc2ccc([N+](=O)[O-])cc2)CC1. The number of carbonyl (C=O) groups is 1. The molecule has 22 heavy (non-hydrogen) atoms. The summed E-state index contributed by atoms with van der Waals surface area (Å²) in [5.74, 6) is 0. The molecule has 1 aliphatic heterocycles. The minimum atomic E-state index is -0.464. The van der Waals surface area contributed by atoms with Crippen molar-refractivity contribution in [1.82, 2.24) is 9.80 Å². The van der Waals surface area contributed by atoms with E-state index in [0.29, 0.717) is 18.8 Å². The van der Waals surface area contributed by atoms with Crippen LogP contribution in [0.5, 0.6) is 0 Å². The van der Waals surface area contributed by atoms with Gasteiger partial charge in [-0.1, -0.05) is 6.08 Å². The molecule has 7 nitrogen and oxygen atoms in total. The van der Waals surface area contributed by atoms with Crippen LogP contribution in [0, 0.1) is 10.1 Å². The van der Waals surface area contributed by atoms with Crippen LogP contribution < -0.4 is 5.32 Å². The van der Waals surface area contributed by atoms with E-state index in [1.54, 1.807) is 4.90 Å². The van der Waals surface area contributed by atoms with Crippen LogP contribution >= 0.6 is 0 Å². The van der Waals surface area contributed by atoms with Crippen molar-refractivity contribution in [3.63, 3.8) is 0 Å². The Balaban J connectivity index is 1.91. The molecule has 1 aliphatic rings. The molecule has 1 N–H and O–H groups in total. The zero-order valence-electron chi connectivity index (χ0n) is 12.4. The zero-order chi connectivity index (χ0) is 15.9. The molecule has 1 aromatic rings. The summed E-state index contributed by atoms with van der Waals surface area (Å²) in [4.78, 5) is 26.4. The van der Waals surface area contributed by atoms with Gasteiger partial charge in [-0.05, 0) is 18.6 Å². The summed E-state index contributed by atoms with van der Waals surface area (Å²) in [7, 11) is 0. The van der Waals surface area contributed by atoms with E-state index in [0.717, 1.165) is 26.1 Å². The van der Waals surface area contributed by atoms with Gasteiger partial charge in [0, 0.05) is 50.5 Å². The van der Waals surface area contributed by atoms with Gasteiger partial charge in [0.05, 0.1) is 4.92 Å². The maximum atomic E-state index is 12.2. The Hall–Kier alpha value is -2.41. The second-order valence-electron chi connectivity index (χ2n) is 5.16. The van der Waals surface area contributed by atoms with Crippen molar-refractivity contribution in [3.8, 4) is 0 Å². The number of amides is 2. The molecule has 2 amide bonds. The Labute approximate surface area is 129 Å². The van der Waals surface area contributed by atoms with E-state index < -0.39 is 4.92 Å². The number of nitrogens with one attached hydrogen (secondary N) is 1. The zero-order valence-corrected chi connectivity index (χ0v) is 12.4. The Morgan fingerprint density at radius 1 is 1.27 bits per heavy atom. The van der Waals surface area contributed by atoms with Crippen LogP contribution in [0.1, 0.15) is 6.42 Å². The van der Waals surface area contributed by atoms with Crippen LogP contribution in [0.4, 0.5) is 16.2 Å². The van der Waals surface area contributed by atoms with Gasteiger partial charge in [0.2, 0.25) is 0 Å². The summed E-state index contributed by atoms with van der Waals surface area (Å²) in [6.45, 7) is 7.69. The number of anilines is 1. The molecule has 0 bridgehead atoms. The first-order valence-electron chi connectivity index (χ1n) is 7.24. The number of hydrogen-bond donors (Lipinski definition) is 1. The molecular weight excluding hydrogens is 284 g/mol. The van der Waals surface area contributed by atoms with Crippen LogP contribution in [-0.2, 0) is 0 Å². The molecule has 0 unspecified atom stereocenters. The van der Waals surface area contributed by atoms with Gasteiger partial charge in [-0.3, -0.25) is 15.0 Å². The first kappa shape index (κ1) is 16.0. The van der Waals surface area contributed by atoms with Gasteiger partial charge in [0.15, 0.2) is 0 Å². The van der Waals surface area contributed by atoms with Gasteiger partial charge in [-0.15, -0.1) is 6.58 Å². The van der Waals surface area contributed by atoms with Crippen LogP contribution in [0.25, 0.3) is 0 Å². The smallest absolute Gasteiger partial charge is 0.321 e. The lowest BCUT2D eigenvalue weighted by Gasteiger charge is -2.21. The Bertz CT molecular complexity index is 544. The second kappa shape index (κ2) is 7.56. The van der Waals surface area contributed by atoms with Gasteiger partial charge in [0.1, 0.15) is 0 Å². The molecular formula is C15H20N4O3. The molecule has 0 radical (unpaired) electrons. The highest BCUT2D eigenvalue weighted by Crippen LogP contribution is 2.16. The van der Waals surface area contributed by atoms with Crippen LogP contribution in [0.2, 0.25) is 0 Å². The fraction of sp³-hybridized carbons (Fsp3) is 0.400. The predicted molar refractivity (Wildman–Crippen MR) is 84.9 cm³/mol. The summed E-state index contributed by atoms with van der Waals surface area (Å²) >= 11 is 0. The van der Waals surface area contributed by atoms with Gasteiger partial charge >= 0.3 is 6.03 Å². The number of hydrogen-bond acceptors (Lipinski definition) is 4. The van der Waals surface area contributed by atoms with E-state index in [1.165, 1.54) is 24.3 Å². The average Bonchev–Trinajstić information content (AvgIpc) is 2.74. The fourth-order valence-electron chi connectivity index (χ4n) is 2.41. The van der Waals surface area contributed by atoms with Crippen molar-refractivity contribution >= 4 is 17.4 Å². The molecule has 0 aliphatic carbocycles. The van der Waals surface area contributed by atoms with E-state index in [1.807, 2.05) is 6.08 Å². The van der Waals surface area contributed by atoms with Crippen molar-refractivity contribution in [1.29, 1.82) is 0 Å². The number of rotatable bonds is 4. The molecule has 1 saturated heterocycles. The number of non-ortho nitro benzene ring substituents is 1. The molecule has 0 atom stereocenters. The third kappa shape index (κ3) is 4.29. The van der Waals surface area contributed by atoms with Crippen molar-refractivity contribution in [2.75, 3.05) is 38.0 Å². The van der Waals surface area contributed by atoms with Gasteiger partial charge in [0.25, 0.3) is 5.69 Å². The standard InChI is InChI=1S/C15H20N4O3/c1-2-8-17-9-3-10-18(12-11-17)15(20)16-13-4-6-14(7-5-13)19(21)22/h2,4-7H,1,3,8-12H2,(H,16,20). The molecule has 0 saturated carbocycles. The summed E-state index contributed by atoms with van der Waals surface area (Å²) < 4.78 is 0. The van der Waals surface area contributed by atoms with Gasteiger partial charge in [-0.25, -0.2) is 4.79 Å². The molecule has 0 aromatic heterocycles. The third-order valence-electron chi connectivity index (χ3n) is 3.59. The normalized spacial score (nSPS) is 15.9. The van der Waals surface area contributed by atoms with Gasteiger partial charge < -0.3 is 10.2 Å². The average molecular weight is 304 g/mol. The Morgan fingerprint density at radius 2 is 2.00 bits per heavy atom. The maximum absolute atomic E-state index is 12.2. The number of nitro benzene ring substituents is 1. The topological polar surface area (TPSA) is 78.7 Å². The highest BCUT2D eigenvalue weighted by Gasteiger charge is 2.18. The molecule has 118 valence electrons. The van der Waals surface area contributed by atoms with E-state index in [9.17, 15) is 14.9 Å². The summed E-state index contributed by atoms with van der Waals surface area (Å²) in [6, 6.07) is 5.66. The number of nitrogens with zero attached hydrogens (tertiary/aromatic N) is 3. The number of benzene rings is 1. The molecule has 1 fully saturated rings. The van der Waals surface area contributed by atoms with Crippen LogP contribution in [0.3, 0.4) is 0 Å². The minimum Gasteiger partial charge on any atom is -0.323 e. The van der Waals surface area contributed by atoms with E-state index in [4.69, 9.17) is 0 Å². The number of carbonyl (C=O) groups excluding carboxylic acids is 1. The summed E-state index contributed by atoms with van der Waals surface area (Å²) in [6.07, 6.45) is 2.79. The molecule has 1 aromatic carbocycles. The first-order chi connectivity index (χ1) is 10.6. The second-order valence-corrected chi connectivity index (χ2v) is 5.16. The van der Waals surface area contributed by atoms with Crippen molar-refractivity contribution in [3.05, 3.63) is 47.0 Å². The largest absolute Gasteiger partial charge is 0.323 e. The quantitative estimate of drug-likeness (QED) is 0.526. The number of nitro groups is 1. The lowest BCUT2D eigenvalue weighted by molar-refractivity contribution is -0.384. The molecule has 0 spiro atoms. The van der Waals surface area contributed by atoms with Crippen molar-refractivity contribution in [2.45, 2.75) is 6.42 Å². The monoisotopic (exact) mass is 304 g/mol. The van der Waals surface area contributed by atoms with Crippen LogP contribution in [-0.4, -0.2) is 53.5 Å². The highest BCUT2D eigenvalue weighted by molar-refractivity contribution is 5.89. The van der Waals surface area contributed by atoms with Crippen LogP contribution in [0.15, 0.2) is 36.9 Å². The third-order valence-corrected chi connectivity index (χ3v) is 3.59. The highest BCUT2D eigenvalue weighted by atomic mass is 16.6. The van der Waals surface area contributed by atoms with E-state index in [2.05, 4.69) is 16.8 Å². The summed E-state index contributed by atoms with van der Waals surface area (Å²) in [5, 5.41) is 13.4. The first-order valence-corrected chi connectivity index (χ1v) is 7.24. The minimum absolute atomic E-state index is 0.00726. The molecule has 1 heterocycles. The van der Waals surface area contributed by atoms with Crippen molar-refractivity contribution < 1.29 is 9.72 Å². The maximum Gasteiger partial charge on any atom is 0.321 e. The molecule has 7 heteroatoms.